The summed E-state index contributed by atoms with van der Waals surface area (Å²) in [5.41, 5.74) is 3.81. The Labute approximate surface area is 81.1 Å². The highest BCUT2D eigenvalue weighted by Crippen LogP contribution is 2.03. The minimum Gasteiger partial charge on any atom is -0.260 e. The molecule has 1 aliphatic heterocycles. The van der Waals surface area contributed by atoms with Gasteiger partial charge in [-0.05, 0) is 0 Å². The maximum absolute atomic E-state index is 5.65. The van der Waals surface area contributed by atoms with Crippen LogP contribution >= 0.6 is 11.6 Å². The molecule has 0 aliphatic carbocycles. The average molecular weight is 194 g/mol. The zero-order valence-corrected chi connectivity index (χ0v) is 7.62. The molecule has 0 amide bonds. The molecule has 1 N–H and O–H groups in total. The standard InChI is InChI=1S/C9H8ClN3/c10-8-6-11-9(13-12-8)7-4-2-1-3-5-7/h1-5H,6H2,(H,11,13). The number of rotatable bonds is 1. The molecular weight excluding hydrogens is 186 g/mol. The van der Waals surface area contributed by atoms with Gasteiger partial charge in [0, 0.05) is 5.56 Å². The highest BCUT2D eigenvalue weighted by molar-refractivity contribution is 6.66. The van der Waals surface area contributed by atoms with Gasteiger partial charge in [0.1, 0.15) is 11.0 Å². The Balaban J connectivity index is 2.21. The lowest BCUT2D eigenvalue weighted by atomic mass is 10.2. The predicted octanol–water partition coefficient (Wildman–Crippen LogP) is 1.59. The second kappa shape index (κ2) is 3.58. The Hall–Kier alpha value is -1.35. The smallest absolute Gasteiger partial charge is 0.149 e. The second-order valence-corrected chi connectivity index (χ2v) is 3.07. The summed E-state index contributed by atoms with van der Waals surface area (Å²) in [4.78, 5) is 4.22. The first-order valence-corrected chi connectivity index (χ1v) is 4.32. The van der Waals surface area contributed by atoms with Crippen molar-refractivity contribution in [2.75, 3.05) is 6.54 Å². The van der Waals surface area contributed by atoms with Crippen molar-refractivity contribution < 1.29 is 0 Å². The molecule has 0 bridgehead atoms. The maximum Gasteiger partial charge on any atom is 0.149 e. The summed E-state index contributed by atoms with van der Waals surface area (Å²) >= 11 is 5.65. The van der Waals surface area contributed by atoms with E-state index >= 15 is 0 Å². The molecule has 3 nitrogen and oxygen atoms in total. The first-order chi connectivity index (χ1) is 6.36. The second-order valence-electron chi connectivity index (χ2n) is 2.63. The summed E-state index contributed by atoms with van der Waals surface area (Å²) in [5.74, 6) is 0.769. The lowest BCUT2D eigenvalue weighted by Gasteiger charge is -2.10. The van der Waals surface area contributed by atoms with Crippen LogP contribution in [0.1, 0.15) is 5.56 Å². The van der Waals surface area contributed by atoms with Gasteiger partial charge < -0.3 is 0 Å². The molecule has 1 aliphatic rings. The summed E-state index contributed by atoms with van der Waals surface area (Å²) < 4.78 is 0. The lowest BCUT2D eigenvalue weighted by Crippen LogP contribution is -2.25. The Morgan fingerprint density at radius 3 is 2.62 bits per heavy atom. The average Bonchev–Trinajstić information content (AvgIpc) is 2.20. The van der Waals surface area contributed by atoms with Gasteiger partial charge in [-0.1, -0.05) is 41.9 Å². The summed E-state index contributed by atoms with van der Waals surface area (Å²) in [6, 6.07) is 9.82. The van der Waals surface area contributed by atoms with E-state index in [0.717, 1.165) is 11.4 Å². The molecule has 13 heavy (non-hydrogen) atoms. The fraction of sp³-hybridized carbons (Fsp3) is 0.111. The van der Waals surface area contributed by atoms with Crippen LogP contribution in [-0.4, -0.2) is 17.6 Å². The van der Waals surface area contributed by atoms with Crippen LogP contribution in [0.15, 0.2) is 40.4 Å². The molecular formula is C9H8ClN3. The molecule has 2 rings (SSSR count). The molecule has 4 heteroatoms. The highest BCUT2D eigenvalue weighted by atomic mass is 35.5. The molecule has 0 radical (unpaired) electrons. The molecule has 0 aromatic heterocycles. The Morgan fingerprint density at radius 2 is 2.00 bits per heavy atom. The van der Waals surface area contributed by atoms with Gasteiger partial charge in [0.25, 0.3) is 0 Å². The van der Waals surface area contributed by atoms with Gasteiger partial charge in [-0.15, -0.1) is 0 Å². The third-order valence-corrected chi connectivity index (χ3v) is 1.90. The van der Waals surface area contributed by atoms with E-state index in [1.54, 1.807) is 0 Å². The molecule has 1 aromatic carbocycles. The number of amidine groups is 1. The quantitative estimate of drug-likeness (QED) is 0.723. The van der Waals surface area contributed by atoms with E-state index in [2.05, 4.69) is 15.5 Å². The van der Waals surface area contributed by atoms with Gasteiger partial charge in [-0.25, -0.2) is 0 Å². The van der Waals surface area contributed by atoms with Crippen LogP contribution in [0, 0.1) is 0 Å². The van der Waals surface area contributed by atoms with Crippen LogP contribution in [0.4, 0.5) is 0 Å². The number of nitrogens with zero attached hydrogens (tertiary/aromatic N) is 2. The van der Waals surface area contributed by atoms with Gasteiger partial charge in [-0.2, -0.15) is 5.10 Å². The predicted molar refractivity (Wildman–Crippen MR) is 54.3 cm³/mol. The van der Waals surface area contributed by atoms with Gasteiger partial charge in [0.05, 0.1) is 6.54 Å². The van der Waals surface area contributed by atoms with E-state index in [1.165, 1.54) is 0 Å². The first kappa shape index (κ1) is 8.26. The topological polar surface area (TPSA) is 36.8 Å². The van der Waals surface area contributed by atoms with Crippen molar-refractivity contribution in [2.24, 2.45) is 10.1 Å². The van der Waals surface area contributed by atoms with Gasteiger partial charge in [0.15, 0.2) is 0 Å². The van der Waals surface area contributed by atoms with Gasteiger partial charge in [0.2, 0.25) is 0 Å². The van der Waals surface area contributed by atoms with Crippen molar-refractivity contribution in [1.82, 2.24) is 5.43 Å². The minimum absolute atomic E-state index is 0.457. The zero-order valence-electron chi connectivity index (χ0n) is 6.87. The number of hydrazone groups is 1. The van der Waals surface area contributed by atoms with Gasteiger partial charge in [-0.3, -0.25) is 10.4 Å². The number of hydrogen-bond donors (Lipinski definition) is 1. The summed E-state index contributed by atoms with van der Waals surface area (Å²) in [6.07, 6.45) is 0. The normalized spacial score (nSPS) is 15.8. The third-order valence-electron chi connectivity index (χ3n) is 1.70. The van der Waals surface area contributed by atoms with E-state index in [-0.39, 0.29) is 0 Å². The third kappa shape index (κ3) is 1.87. The largest absolute Gasteiger partial charge is 0.260 e. The molecule has 0 spiro atoms. The first-order valence-electron chi connectivity index (χ1n) is 3.94. The fourth-order valence-corrected chi connectivity index (χ4v) is 1.18. The summed E-state index contributed by atoms with van der Waals surface area (Å²) in [6.45, 7) is 0.457. The van der Waals surface area contributed by atoms with E-state index in [1.807, 2.05) is 30.3 Å². The lowest BCUT2D eigenvalue weighted by molar-refractivity contribution is 0.978. The van der Waals surface area contributed by atoms with E-state index in [9.17, 15) is 0 Å². The van der Waals surface area contributed by atoms with Crippen LogP contribution in [0.5, 0.6) is 0 Å². The van der Waals surface area contributed by atoms with Gasteiger partial charge >= 0.3 is 0 Å². The van der Waals surface area contributed by atoms with Crippen molar-refractivity contribution in [1.29, 1.82) is 0 Å². The molecule has 0 unspecified atom stereocenters. The van der Waals surface area contributed by atoms with Crippen molar-refractivity contribution in [3.8, 4) is 0 Å². The van der Waals surface area contributed by atoms with Crippen molar-refractivity contribution >= 4 is 22.6 Å². The SMILES string of the molecule is ClC1=NNC(c2ccccc2)=NC1. The molecule has 0 saturated carbocycles. The Morgan fingerprint density at radius 1 is 1.23 bits per heavy atom. The monoisotopic (exact) mass is 193 g/mol. The molecule has 66 valence electrons. The van der Waals surface area contributed by atoms with Crippen molar-refractivity contribution in [3.63, 3.8) is 0 Å². The van der Waals surface area contributed by atoms with Crippen molar-refractivity contribution in [2.45, 2.75) is 0 Å². The number of aliphatic imine (C=N–C) groups is 1. The Bertz CT molecular complexity index is 356. The zero-order chi connectivity index (χ0) is 9.10. The fourth-order valence-electron chi connectivity index (χ4n) is 1.08. The van der Waals surface area contributed by atoms with Crippen LogP contribution in [-0.2, 0) is 0 Å². The number of nitrogens with one attached hydrogen (secondary N) is 1. The number of benzene rings is 1. The van der Waals surface area contributed by atoms with Crippen LogP contribution < -0.4 is 5.43 Å². The Kier molecular flexibility index (Phi) is 2.27. The molecule has 0 fully saturated rings. The van der Waals surface area contributed by atoms with E-state index in [4.69, 9.17) is 11.6 Å². The van der Waals surface area contributed by atoms with Crippen LogP contribution in [0.2, 0.25) is 0 Å². The summed E-state index contributed by atoms with van der Waals surface area (Å²) in [7, 11) is 0. The minimum atomic E-state index is 0.457. The summed E-state index contributed by atoms with van der Waals surface area (Å²) in [5, 5.41) is 4.37. The number of hydrogen-bond acceptors (Lipinski definition) is 3. The molecule has 1 aromatic rings. The highest BCUT2D eigenvalue weighted by Gasteiger charge is 2.06. The number of halogens is 1. The maximum atomic E-state index is 5.65. The molecule has 1 heterocycles. The van der Waals surface area contributed by atoms with E-state index in [0.29, 0.717) is 11.7 Å². The van der Waals surface area contributed by atoms with Crippen LogP contribution in [0.3, 0.4) is 0 Å². The van der Waals surface area contributed by atoms with E-state index < -0.39 is 0 Å². The molecule has 0 atom stereocenters. The van der Waals surface area contributed by atoms with Crippen molar-refractivity contribution in [3.05, 3.63) is 35.9 Å². The molecule has 0 saturated heterocycles. The van der Waals surface area contributed by atoms with Crippen LogP contribution in [0.25, 0.3) is 0 Å².